The van der Waals surface area contributed by atoms with E-state index in [1.165, 1.54) is 23.1 Å². The Morgan fingerprint density at radius 2 is 1.97 bits per heavy atom. The van der Waals surface area contributed by atoms with E-state index in [1.807, 2.05) is 59.5 Å². The van der Waals surface area contributed by atoms with Crippen molar-refractivity contribution in [3.8, 4) is 0 Å². The number of carbonyl (C=O) groups excluding carboxylic acids is 2. The van der Waals surface area contributed by atoms with Crippen LogP contribution in [-0.4, -0.2) is 40.1 Å². The van der Waals surface area contributed by atoms with Crippen molar-refractivity contribution in [1.29, 1.82) is 0 Å². The summed E-state index contributed by atoms with van der Waals surface area (Å²) in [6.45, 7) is 1.18. The molecule has 1 aromatic heterocycles. The number of para-hydroxylation sites is 1. The molecule has 3 aromatic rings. The molecule has 1 saturated heterocycles. The van der Waals surface area contributed by atoms with Gasteiger partial charge in [0.1, 0.15) is 5.51 Å². The Balaban J connectivity index is 1.47. The summed E-state index contributed by atoms with van der Waals surface area (Å²) >= 11 is 2.90. The maximum atomic E-state index is 12.8. The number of hydrogen-bond acceptors (Lipinski definition) is 6. The van der Waals surface area contributed by atoms with Crippen LogP contribution in [-0.2, 0) is 4.79 Å². The Morgan fingerprint density at radius 3 is 2.70 bits per heavy atom. The molecule has 1 aliphatic rings. The average Bonchev–Trinajstić information content (AvgIpc) is 3.41. The zero-order chi connectivity index (χ0) is 20.8. The SMILES string of the molecule is O=C(Nc1ccccc1Sc1nncs1)N[C@H](CN1CCCC1=O)c1ccccc1. The molecule has 3 amide bonds. The summed E-state index contributed by atoms with van der Waals surface area (Å²) in [6, 6.07) is 16.7. The van der Waals surface area contributed by atoms with Crippen molar-refractivity contribution in [2.24, 2.45) is 0 Å². The summed E-state index contributed by atoms with van der Waals surface area (Å²) in [6.07, 6.45) is 1.44. The minimum Gasteiger partial charge on any atom is -0.340 e. The van der Waals surface area contributed by atoms with Crippen LogP contribution in [0.1, 0.15) is 24.4 Å². The first-order valence-corrected chi connectivity index (χ1v) is 11.3. The van der Waals surface area contributed by atoms with Gasteiger partial charge in [0.25, 0.3) is 0 Å². The molecule has 4 rings (SSSR count). The molecular formula is C21H21N5O2S2. The number of nitrogens with zero attached hydrogens (tertiary/aromatic N) is 3. The maximum Gasteiger partial charge on any atom is 0.319 e. The van der Waals surface area contributed by atoms with Gasteiger partial charge in [-0.25, -0.2) is 4.79 Å². The largest absolute Gasteiger partial charge is 0.340 e. The normalized spacial score (nSPS) is 14.5. The van der Waals surface area contributed by atoms with E-state index in [0.29, 0.717) is 18.7 Å². The zero-order valence-corrected chi connectivity index (χ0v) is 17.8. The van der Waals surface area contributed by atoms with Crippen LogP contribution in [0.5, 0.6) is 0 Å². The Morgan fingerprint density at radius 1 is 1.17 bits per heavy atom. The van der Waals surface area contributed by atoms with E-state index in [0.717, 1.165) is 27.8 Å². The van der Waals surface area contributed by atoms with Crippen molar-refractivity contribution in [1.82, 2.24) is 20.4 Å². The van der Waals surface area contributed by atoms with Gasteiger partial charge in [-0.3, -0.25) is 4.79 Å². The molecule has 1 aliphatic heterocycles. The smallest absolute Gasteiger partial charge is 0.319 e. The van der Waals surface area contributed by atoms with Crippen LogP contribution < -0.4 is 10.6 Å². The molecule has 1 atom stereocenters. The number of rotatable bonds is 7. The van der Waals surface area contributed by atoms with Crippen LogP contribution in [0, 0.1) is 0 Å². The highest BCUT2D eigenvalue weighted by molar-refractivity contribution is 8.01. The van der Waals surface area contributed by atoms with Gasteiger partial charge in [0.05, 0.1) is 11.7 Å². The van der Waals surface area contributed by atoms with Crippen LogP contribution in [0.2, 0.25) is 0 Å². The van der Waals surface area contributed by atoms with Crippen molar-refractivity contribution in [2.75, 3.05) is 18.4 Å². The quantitative estimate of drug-likeness (QED) is 0.577. The molecule has 7 nitrogen and oxygen atoms in total. The molecule has 2 N–H and O–H groups in total. The molecule has 2 heterocycles. The van der Waals surface area contributed by atoms with Gasteiger partial charge >= 0.3 is 6.03 Å². The van der Waals surface area contributed by atoms with E-state index >= 15 is 0 Å². The lowest BCUT2D eigenvalue weighted by Gasteiger charge is -2.25. The van der Waals surface area contributed by atoms with Crippen molar-refractivity contribution in [3.05, 3.63) is 65.7 Å². The molecule has 0 unspecified atom stereocenters. The van der Waals surface area contributed by atoms with E-state index in [-0.39, 0.29) is 18.0 Å². The van der Waals surface area contributed by atoms with Gasteiger partial charge in [-0.2, -0.15) is 0 Å². The third-order valence-corrected chi connectivity index (χ3v) is 6.61. The van der Waals surface area contributed by atoms with E-state index in [1.54, 1.807) is 5.51 Å². The summed E-state index contributed by atoms with van der Waals surface area (Å²) in [5, 5.41) is 13.9. The first-order chi connectivity index (χ1) is 14.7. The topological polar surface area (TPSA) is 87.2 Å². The molecule has 154 valence electrons. The fourth-order valence-electron chi connectivity index (χ4n) is 3.31. The molecule has 0 aliphatic carbocycles. The minimum absolute atomic E-state index is 0.136. The van der Waals surface area contributed by atoms with Crippen LogP contribution >= 0.6 is 23.1 Å². The third kappa shape index (κ3) is 5.17. The highest BCUT2D eigenvalue weighted by atomic mass is 32.2. The maximum absolute atomic E-state index is 12.8. The van der Waals surface area contributed by atoms with Gasteiger partial charge in [-0.15, -0.1) is 10.2 Å². The summed E-state index contributed by atoms with van der Waals surface area (Å²) in [5.41, 5.74) is 3.33. The van der Waals surface area contributed by atoms with Gasteiger partial charge < -0.3 is 15.5 Å². The van der Waals surface area contributed by atoms with E-state index in [9.17, 15) is 9.59 Å². The molecule has 0 radical (unpaired) electrons. The number of nitrogens with one attached hydrogen (secondary N) is 2. The molecule has 0 saturated carbocycles. The standard InChI is InChI=1S/C21H21N5O2S2/c27-19-11-6-12-26(19)13-17(15-7-2-1-3-8-15)24-20(28)23-16-9-4-5-10-18(16)30-21-25-22-14-29-21/h1-5,7-10,14,17H,6,11-13H2,(H2,23,24,28)/t17-/m1/s1. The number of hydrogen-bond donors (Lipinski definition) is 2. The van der Waals surface area contributed by atoms with Crippen molar-refractivity contribution in [2.45, 2.75) is 28.1 Å². The first kappa shape index (κ1) is 20.4. The molecule has 1 fully saturated rings. The number of amides is 3. The van der Waals surface area contributed by atoms with E-state index in [2.05, 4.69) is 20.8 Å². The van der Waals surface area contributed by atoms with Gasteiger partial charge in [0.2, 0.25) is 5.91 Å². The Kier molecular flexibility index (Phi) is 6.60. The number of anilines is 1. The minimum atomic E-state index is -0.319. The van der Waals surface area contributed by atoms with Crippen LogP contribution in [0.3, 0.4) is 0 Å². The number of benzene rings is 2. The number of aromatic nitrogens is 2. The second-order valence-electron chi connectivity index (χ2n) is 6.81. The van der Waals surface area contributed by atoms with E-state index in [4.69, 9.17) is 0 Å². The molecule has 2 aromatic carbocycles. The van der Waals surface area contributed by atoms with Crippen LogP contribution in [0.15, 0.2) is 69.3 Å². The van der Waals surface area contributed by atoms with E-state index < -0.39 is 0 Å². The van der Waals surface area contributed by atoms with Crippen molar-refractivity contribution < 1.29 is 9.59 Å². The highest BCUT2D eigenvalue weighted by Crippen LogP contribution is 2.34. The van der Waals surface area contributed by atoms with Gasteiger partial charge in [-0.05, 0) is 24.1 Å². The number of carbonyl (C=O) groups is 2. The predicted molar refractivity (Wildman–Crippen MR) is 118 cm³/mol. The fraction of sp³-hybridized carbons (Fsp3) is 0.238. The second-order valence-corrected chi connectivity index (χ2v) is 8.93. The molecular weight excluding hydrogens is 418 g/mol. The monoisotopic (exact) mass is 439 g/mol. The van der Waals surface area contributed by atoms with Crippen molar-refractivity contribution >= 4 is 40.7 Å². The highest BCUT2D eigenvalue weighted by Gasteiger charge is 2.25. The zero-order valence-electron chi connectivity index (χ0n) is 16.2. The summed E-state index contributed by atoms with van der Waals surface area (Å²) in [7, 11) is 0. The van der Waals surface area contributed by atoms with Crippen molar-refractivity contribution in [3.63, 3.8) is 0 Å². The first-order valence-electron chi connectivity index (χ1n) is 9.62. The summed E-state index contributed by atoms with van der Waals surface area (Å²) in [4.78, 5) is 27.6. The Labute approximate surface area is 182 Å². The number of urea groups is 1. The lowest BCUT2D eigenvalue weighted by Crippen LogP contribution is -2.40. The molecule has 0 spiro atoms. The number of likely N-dealkylation sites (tertiary alicyclic amines) is 1. The van der Waals surface area contributed by atoms with Crippen LogP contribution in [0.4, 0.5) is 10.5 Å². The van der Waals surface area contributed by atoms with Gasteiger partial charge in [0.15, 0.2) is 4.34 Å². The molecule has 0 bridgehead atoms. The average molecular weight is 440 g/mol. The summed E-state index contributed by atoms with van der Waals surface area (Å²) in [5.74, 6) is 0.136. The molecule has 30 heavy (non-hydrogen) atoms. The van der Waals surface area contributed by atoms with Gasteiger partial charge in [0, 0.05) is 24.4 Å². The summed E-state index contributed by atoms with van der Waals surface area (Å²) < 4.78 is 0.805. The third-order valence-electron chi connectivity index (χ3n) is 4.75. The lowest BCUT2D eigenvalue weighted by atomic mass is 10.1. The molecule has 9 heteroatoms. The predicted octanol–water partition coefficient (Wildman–Crippen LogP) is 4.17. The fourth-order valence-corrected chi connectivity index (χ4v) is 4.84. The Hall–Kier alpha value is -2.91. The van der Waals surface area contributed by atoms with Gasteiger partial charge in [-0.1, -0.05) is 65.6 Å². The second kappa shape index (κ2) is 9.73. The lowest BCUT2D eigenvalue weighted by molar-refractivity contribution is -0.128. The van der Waals surface area contributed by atoms with Crippen LogP contribution in [0.25, 0.3) is 0 Å². The Bertz CT molecular complexity index is 998.